The summed E-state index contributed by atoms with van der Waals surface area (Å²) in [5.41, 5.74) is 1.18. The predicted molar refractivity (Wildman–Crippen MR) is 78.1 cm³/mol. The molecule has 102 valence electrons. The number of nitrogens with one attached hydrogen (secondary N) is 2. The lowest BCUT2D eigenvalue weighted by Gasteiger charge is -2.25. The number of ether oxygens (including phenoxy) is 2. The standard InChI is InChI=1S/C12H17BrN2O2.ClH/c1-16-10-5-8(6-11(17-2)12(10)13)9-7-14-3-4-15-9;/h5-6,9,14-15H,3-4,7H2,1-2H3;1H/t9-;/m0./s1. The van der Waals surface area contributed by atoms with Gasteiger partial charge in [0.15, 0.2) is 0 Å². The van der Waals surface area contributed by atoms with Crippen LogP contribution in [0.4, 0.5) is 0 Å². The van der Waals surface area contributed by atoms with Crippen LogP contribution in [0.3, 0.4) is 0 Å². The Morgan fingerprint density at radius 2 is 1.78 bits per heavy atom. The normalized spacial score (nSPS) is 18.9. The van der Waals surface area contributed by atoms with Crippen molar-refractivity contribution in [2.45, 2.75) is 6.04 Å². The molecule has 1 heterocycles. The number of benzene rings is 1. The second-order valence-corrected chi connectivity index (χ2v) is 4.74. The first-order valence-corrected chi connectivity index (χ1v) is 6.41. The zero-order valence-electron chi connectivity index (χ0n) is 10.5. The molecule has 0 radical (unpaired) electrons. The van der Waals surface area contributed by atoms with Gasteiger partial charge in [-0.25, -0.2) is 0 Å². The summed E-state index contributed by atoms with van der Waals surface area (Å²) in [7, 11) is 3.33. The van der Waals surface area contributed by atoms with E-state index in [4.69, 9.17) is 9.47 Å². The van der Waals surface area contributed by atoms with Crippen LogP contribution in [0.1, 0.15) is 11.6 Å². The maximum absolute atomic E-state index is 5.34. The van der Waals surface area contributed by atoms with Crippen LogP contribution < -0.4 is 20.1 Å². The summed E-state index contributed by atoms with van der Waals surface area (Å²) in [6.45, 7) is 2.92. The van der Waals surface area contributed by atoms with Gasteiger partial charge in [-0.15, -0.1) is 12.4 Å². The number of piperazine rings is 1. The fourth-order valence-corrected chi connectivity index (χ4v) is 2.53. The molecule has 0 saturated carbocycles. The lowest BCUT2D eigenvalue weighted by atomic mass is 10.0. The van der Waals surface area contributed by atoms with Gasteiger partial charge >= 0.3 is 0 Å². The van der Waals surface area contributed by atoms with E-state index in [1.807, 2.05) is 12.1 Å². The maximum Gasteiger partial charge on any atom is 0.137 e. The summed E-state index contributed by atoms with van der Waals surface area (Å²) in [5, 5.41) is 6.84. The molecular weight excluding hydrogens is 320 g/mol. The number of methoxy groups -OCH3 is 2. The van der Waals surface area contributed by atoms with Crippen molar-refractivity contribution in [3.63, 3.8) is 0 Å². The molecule has 0 amide bonds. The Morgan fingerprint density at radius 3 is 2.22 bits per heavy atom. The highest BCUT2D eigenvalue weighted by Crippen LogP contribution is 2.37. The quantitative estimate of drug-likeness (QED) is 0.887. The van der Waals surface area contributed by atoms with Crippen LogP contribution in [0.25, 0.3) is 0 Å². The molecule has 0 aromatic heterocycles. The number of hydrogen-bond acceptors (Lipinski definition) is 4. The Hall–Kier alpha value is -0.490. The zero-order chi connectivity index (χ0) is 12.3. The monoisotopic (exact) mass is 336 g/mol. The number of rotatable bonds is 3. The molecule has 18 heavy (non-hydrogen) atoms. The van der Waals surface area contributed by atoms with Gasteiger partial charge in [-0.1, -0.05) is 0 Å². The lowest BCUT2D eigenvalue weighted by molar-refractivity contribution is 0.382. The largest absolute Gasteiger partial charge is 0.495 e. The first-order valence-electron chi connectivity index (χ1n) is 5.61. The van der Waals surface area contributed by atoms with Crippen molar-refractivity contribution in [1.29, 1.82) is 0 Å². The van der Waals surface area contributed by atoms with Gasteiger partial charge in [-0.05, 0) is 33.6 Å². The third-order valence-corrected chi connectivity index (χ3v) is 3.69. The SMILES string of the molecule is COc1cc([C@@H]2CNCCN2)cc(OC)c1Br.Cl. The van der Waals surface area contributed by atoms with Crippen molar-refractivity contribution in [2.24, 2.45) is 0 Å². The molecule has 1 aliphatic heterocycles. The summed E-state index contributed by atoms with van der Waals surface area (Å²) in [4.78, 5) is 0. The molecule has 4 nitrogen and oxygen atoms in total. The molecule has 1 aliphatic rings. The first kappa shape index (κ1) is 15.6. The molecular formula is C12H18BrClN2O2. The van der Waals surface area contributed by atoms with Crippen molar-refractivity contribution in [3.05, 3.63) is 22.2 Å². The van der Waals surface area contributed by atoms with Crippen LogP contribution in [0.5, 0.6) is 11.5 Å². The highest BCUT2D eigenvalue weighted by atomic mass is 79.9. The number of hydrogen-bond donors (Lipinski definition) is 2. The number of halogens is 2. The van der Waals surface area contributed by atoms with Crippen LogP contribution in [0.15, 0.2) is 16.6 Å². The van der Waals surface area contributed by atoms with E-state index < -0.39 is 0 Å². The van der Waals surface area contributed by atoms with Gasteiger partial charge in [0.1, 0.15) is 16.0 Å². The molecule has 0 spiro atoms. The van der Waals surface area contributed by atoms with E-state index in [-0.39, 0.29) is 12.4 Å². The van der Waals surface area contributed by atoms with Gasteiger partial charge in [0.05, 0.1) is 14.2 Å². The van der Waals surface area contributed by atoms with Crippen molar-refractivity contribution in [2.75, 3.05) is 33.9 Å². The Bertz CT molecular complexity index is 373. The topological polar surface area (TPSA) is 42.5 Å². The fourth-order valence-electron chi connectivity index (χ4n) is 1.98. The second kappa shape index (κ2) is 7.19. The minimum Gasteiger partial charge on any atom is -0.495 e. The minimum absolute atomic E-state index is 0. The van der Waals surface area contributed by atoms with Crippen molar-refractivity contribution in [3.8, 4) is 11.5 Å². The highest BCUT2D eigenvalue weighted by Gasteiger charge is 2.18. The van der Waals surface area contributed by atoms with E-state index in [1.165, 1.54) is 5.56 Å². The lowest BCUT2D eigenvalue weighted by Crippen LogP contribution is -2.42. The molecule has 0 aliphatic carbocycles. The Morgan fingerprint density at radius 1 is 1.17 bits per heavy atom. The summed E-state index contributed by atoms with van der Waals surface area (Å²) >= 11 is 3.47. The van der Waals surface area contributed by atoms with Crippen LogP contribution in [-0.4, -0.2) is 33.9 Å². The average Bonchev–Trinajstić information content (AvgIpc) is 2.40. The summed E-state index contributed by atoms with van der Waals surface area (Å²) in [6.07, 6.45) is 0. The van der Waals surface area contributed by atoms with Gasteiger partial charge in [0, 0.05) is 25.7 Å². The van der Waals surface area contributed by atoms with Crippen molar-refractivity contribution in [1.82, 2.24) is 10.6 Å². The molecule has 2 rings (SSSR count). The Balaban J connectivity index is 0.00000162. The first-order chi connectivity index (χ1) is 8.26. The van der Waals surface area contributed by atoms with Gasteiger partial charge in [0.2, 0.25) is 0 Å². The van der Waals surface area contributed by atoms with Crippen LogP contribution in [-0.2, 0) is 0 Å². The average molecular weight is 338 g/mol. The van der Waals surface area contributed by atoms with E-state index in [9.17, 15) is 0 Å². The van der Waals surface area contributed by atoms with Gasteiger partial charge < -0.3 is 20.1 Å². The highest BCUT2D eigenvalue weighted by molar-refractivity contribution is 9.10. The summed E-state index contributed by atoms with van der Waals surface area (Å²) in [5.74, 6) is 1.60. The molecule has 1 fully saturated rings. The van der Waals surface area contributed by atoms with E-state index >= 15 is 0 Å². The maximum atomic E-state index is 5.34. The van der Waals surface area contributed by atoms with E-state index in [0.717, 1.165) is 35.6 Å². The van der Waals surface area contributed by atoms with Crippen LogP contribution in [0.2, 0.25) is 0 Å². The third-order valence-electron chi connectivity index (χ3n) is 2.91. The second-order valence-electron chi connectivity index (χ2n) is 3.95. The summed E-state index contributed by atoms with van der Waals surface area (Å²) in [6, 6.07) is 4.38. The fraction of sp³-hybridized carbons (Fsp3) is 0.500. The van der Waals surface area contributed by atoms with Crippen molar-refractivity contribution < 1.29 is 9.47 Å². The molecule has 1 aromatic carbocycles. The Kier molecular flexibility index (Phi) is 6.21. The van der Waals surface area contributed by atoms with Crippen molar-refractivity contribution >= 4 is 28.3 Å². The molecule has 2 N–H and O–H groups in total. The smallest absolute Gasteiger partial charge is 0.137 e. The molecule has 0 bridgehead atoms. The molecule has 0 unspecified atom stereocenters. The third kappa shape index (κ3) is 3.29. The summed E-state index contributed by atoms with van der Waals surface area (Å²) < 4.78 is 11.5. The Labute approximate surface area is 122 Å². The predicted octanol–water partition coefficient (Wildman–Crippen LogP) is 2.12. The minimum atomic E-state index is 0. The molecule has 1 atom stereocenters. The van der Waals surface area contributed by atoms with E-state index in [1.54, 1.807) is 14.2 Å². The molecule has 1 aromatic rings. The van der Waals surface area contributed by atoms with Gasteiger partial charge in [-0.2, -0.15) is 0 Å². The van der Waals surface area contributed by atoms with Gasteiger partial charge in [0.25, 0.3) is 0 Å². The van der Waals surface area contributed by atoms with Crippen LogP contribution >= 0.6 is 28.3 Å². The molecule has 1 saturated heterocycles. The zero-order valence-corrected chi connectivity index (χ0v) is 12.9. The van der Waals surface area contributed by atoms with E-state index in [0.29, 0.717) is 6.04 Å². The van der Waals surface area contributed by atoms with E-state index in [2.05, 4.69) is 26.6 Å². The van der Waals surface area contributed by atoms with Crippen LogP contribution in [0, 0.1) is 0 Å². The van der Waals surface area contributed by atoms with Gasteiger partial charge in [-0.3, -0.25) is 0 Å². The molecule has 6 heteroatoms.